The van der Waals surface area contributed by atoms with Crippen molar-refractivity contribution in [3.63, 3.8) is 0 Å². The summed E-state index contributed by atoms with van der Waals surface area (Å²) in [4.78, 5) is 15.6. The number of fused-ring (bicyclic) bond motifs is 3. The molecule has 2 heterocycles. The normalized spacial score (nSPS) is 11.1. The van der Waals surface area contributed by atoms with Gasteiger partial charge >= 0.3 is 0 Å². The lowest BCUT2D eigenvalue weighted by molar-refractivity contribution is 0.398. The standard InChI is InChI=1S/C20H20N4O4/c1-10-5-6-11(26-2)8-14(10)24-19(21)17-18(23-24)16-13(22-20(17)25)7-12(27-3)9-15(16)28-4/h5-9H,21H2,1-4H3,(H,22,25). The Morgan fingerprint density at radius 1 is 1.00 bits per heavy atom. The lowest BCUT2D eigenvalue weighted by Crippen LogP contribution is -2.09. The number of nitrogen functional groups attached to an aromatic ring is 1. The molecule has 0 radical (unpaired) electrons. The Kier molecular flexibility index (Phi) is 4.11. The van der Waals surface area contributed by atoms with Gasteiger partial charge in [0, 0.05) is 18.2 Å². The van der Waals surface area contributed by atoms with Crippen molar-refractivity contribution >= 4 is 27.6 Å². The topological polar surface area (TPSA) is 104 Å². The molecular formula is C20H20N4O4. The number of methoxy groups -OCH3 is 3. The Labute approximate surface area is 160 Å². The molecule has 8 heteroatoms. The number of rotatable bonds is 4. The van der Waals surface area contributed by atoms with E-state index < -0.39 is 0 Å². The van der Waals surface area contributed by atoms with Crippen molar-refractivity contribution in [2.75, 3.05) is 27.1 Å². The number of aryl methyl sites for hydroxylation is 1. The average Bonchev–Trinajstić information content (AvgIpc) is 3.05. The van der Waals surface area contributed by atoms with Gasteiger partial charge in [0.15, 0.2) is 0 Å². The van der Waals surface area contributed by atoms with Crippen molar-refractivity contribution in [1.29, 1.82) is 0 Å². The van der Waals surface area contributed by atoms with Crippen LogP contribution in [-0.4, -0.2) is 36.1 Å². The summed E-state index contributed by atoms with van der Waals surface area (Å²) in [5.74, 6) is 2.01. The van der Waals surface area contributed by atoms with Gasteiger partial charge in [-0.25, -0.2) is 4.68 Å². The number of nitrogens with zero attached hydrogens (tertiary/aromatic N) is 2. The van der Waals surface area contributed by atoms with Gasteiger partial charge in [-0.3, -0.25) is 4.79 Å². The lowest BCUT2D eigenvalue weighted by atomic mass is 10.1. The molecule has 4 rings (SSSR count). The van der Waals surface area contributed by atoms with E-state index >= 15 is 0 Å². The monoisotopic (exact) mass is 380 g/mol. The van der Waals surface area contributed by atoms with Gasteiger partial charge in [-0.15, -0.1) is 0 Å². The average molecular weight is 380 g/mol. The van der Waals surface area contributed by atoms with Crippen LogP contribution in [0.4, 0.5) is 5.82 Å². The smallest absolute Gasteiger partial charge is 0.261 e. The fourth-order valence-electron chi connectivity index (χ4n) is 3.35. The van der Waals surface area contributed by atoms with Crippen LogP contribution < -0.4 is 25.5 Å². The van der Waals surface area contributed by atoms with E-state index in [2.05, 4.69) is 10.1 Å². The number of hydrogen-bond acceptors (Lipinski definition) is 6. The maximum Gasteiger partial charge on any atom is 0.261 e. The highest BCUT2D eigenvalue weighted by Gasteiger charge is 2.20. The first-order chi connectivity index (χ1) is 13.5. The summed E-state index contributed by atoms with van der Waals surface area (Å²) in [6, 6.07) is 9.06. The zero-order valence-electron chi connectivity index (χ0n) is 16.0. The maximum absolute atomic E-state index is 12.8. The van der Waals surface area contributed by atoms with E-state index in [1.54, 1.807) is 38.1 Å². The first-order valence-corrected chi connectivity index (χ1v) is 8.59. The Balaban J connectivity index is 2.13. The highest BCUT2D eigenvalue weighted by molar-refractivity contribution is 6.10. The Hall–Kier alpha value is -3.68. The summed E-state index contributed by atoms with van der Waals surface area (Å²) in [6.07, 6.45) is 0. The van der Waals surface area contributed by atoms with Crippen molar-refractivity contribution in [2.45, 2.75) is 6.92 Å². The molecule has 4 aromatic rings. The van der Waals surface area contributed by atoms with Crippen LogP contribution in [0, 0.1) is 6.92 Å². The van der Waals surface area contributed by atoms with Crippen molar-refractivity contribution < 1.29 is 14.2 Å². The predicted octanol–water partition coefficient (Wildman–Crippen LogP) is 2.78. The van der Waals surface area contributed by atoms with Crippen LogP contribution in [0.25, 0.3) is 27.5 Å². The molecule has 0 spiro atoms. The van der Waals surface area contributed by atoms with Crippen LogP contribution >= 0.6 is 0 Å². The number of nitrogens with two attached hydrogens (primary N) is 1. The number of ether oxygens (including phenoxy) is 3. The molecule has 0 aliphatic rings. The van der Waals surface area contributed by atoms with Crippen LogP contribution in [0.3, 0.4) is 0 Å². The summed E-state index contributed by atoms with van der Waals surface area (Å²) < 4.78 is 17.7. The number of aromatic nitrogens is 3. The molecule has 0 unspecified atom stereocenters. The van der Waals surface area contributed by atoms with Gasteiger partial charge in [0.05, 0.1) is 37.9 Å². The molecule has 0 bridgehead atoms. The van der Waals surface area contributed by atoms with Crippen LogP contribution in [0.5, 0.6) is 17.2 Å². The van der Waals surface area contributed by atoms with Crippen molar-refractivity contribution in [3.05, 3.63) is 46.2 Å². The summed E-state index contributed by atoms with van der Waals surface area (Å²) >= 11 is 0. The molecule has 0 amide bonds. The minimum Gasteiger partial charge on any atom is -0.497 e. The first-order valence-electron chi connectivity index (χ1n) is 8.59. The fraction of sp³-hybridized carbons (Fsp3) is 0.200. The zero-order chi connectivity index (χ0) is 20.0. The maximum atomic E-state index is 12.8. The first kappa shape index (κ1) is 17.7. The lowest BCUT2D eigenvalue weighted by Gasteiger charge is -2.09. The van der Waals surface area contributed by atoms with Crippen LogP contribution in [-0.2, 0) is 0 Å². The van der Waals surface area contributed by atoms with Crippen molar-refractivity contribution in [2.24, 2.45) is 0 Å². The van der Waals surface area contributed by atoms with E-state index in [4.69, 9.17) is 19.9 Å². The Bertz CT molecular complexity index is 1270. The molecule has 2 aromatic heterocycles. The molecule has 0 aliphatic heterocycles. The van der Waals surface area contributed by atoms with Crippen LogP contribution in [0.2, 0.25) is 0 Å². The van der Waals surface area contributed by atoms with Gasteiger partial charge < -0.3 is 24.9 Å². The number of hydrogen-bond donors (Lipinski definition) is 2. The third kappa shape index (κ3) is 2.53. The fourth-order valence-corrected chi connectivity index (χ4v) is 3.35. The van der Waals surface area contributed by atoms with E-state index in [9.17, 15) is 4.79 Å². The molecule has 2 aromatic carbocycles. The van der Waals surface area contributed by atoms with E-state index in [0.29, 0.717) is 39.1 Å². The second-order valence-electron chi connectivity index (χ2n) is 6.38. The van der Waals surface area contributed by atoms with Gasteiger partial charge in [-0.2, -0.15) is 5.10 Å². The van der Waals surface area contributed by atoms with E-state index in [0.717, 1.165) is 11.3 Å². The third-order valence-corrected chi connectivity index (χ3v) is 4.81. The molecular weight excluding hydrogens is 360 g/mol. The minimum atomic E-state index is -0.331. The van der Waals surface area contributed by atoms with Gasteiger partial charge in [0.2, 0.25) is 0 Å². The minimum absolute atomic E-state index is 0.243. The number of nitrogens with one attached hydrogen (secondary N) is 1. The molecule has 0 saturated carbocycles. The summed E-state index contributed by atoms with van der Waals surface area (Å²) in [5, 5.41) is 5.63. The van der Waals surface area contributed by atoms with Crippen LogP contribution in [0.1, 0.15) is 5.56 Å². The summed E-state index contributed by atoms with van der Waals surface area (Å²) in [7, 11) is 4.70. The second-order valence-corrected chi connectivity index (χ2v) is 6.38. The van der Waals surface area contributed by atoms with Crippen molar-refractivity contribution in [1.82, 2.24) is 14.8 Å². The summed E-state index contributed by atoms with van der Waals surface area (Å²) in [5.41, 5.74) is 8.70. The quantitative estimate of drug-likeness (QED) is 0.564. The van der Waals surface area contributed by atoms with Gasteiger partial charge in [0.25, 0.3) is 5.56 Å². The van der Waals surface area contributed by atoms with Gasteiger partial charge in [-0.05, 0) is 18.6 Å². The number of pyridine rings is 1. The molecule has 3 N–H and O–H groups in total. The number of H-pyrrole nitrogens is 1. The molecule has 8 nitrogen and oxygen atoms in total. The molecule has 0 saturated heterocycles. The highest BCUT2D eigenvalue weighted by Crippen LogP contribution is 2.36. The molecule has 0 atom stereocenters. The van der Waals surface area contributed by atoms with E-state index in [1.165, 1.54) is 0 Å². The molecule has 0 fully saturated rings. The van der Waals surface area contributed by atoms with E-state index in [1.807, 2.05) is 25.1 Å². The third-order valence-electron chi connectivity index (χ3n) is 4.81. The van der Waals surface area contributed by atoms with E-state index in [-0.39, 0.29) is 11.4 Å². The highest BCUT2D eigenvalue weighted by atomic mass is 16.5. The Morgan fingerprint density at radius 2 is 1.75 bits per heavy atom. The Morgan fingerprint density at radius 3 is 2.43 bits per heavy atom. The molecule has 144 valence electrons. The number of anilines is 1. The summed E-state index contributed by atoms with van der Waals surface area (Å²) in [6.45, 7) is 1.94. The van der Waals surface area contributed by atoms with Crippen molar-refractivity contribution in [3.8, 4) is 22.9 Å². The van der Waals surface area contributed by atoms with Crippen LogP contribution in [0.15, 0.2) is 35.1 Å². The number of benzene rings is 2. The zero-order valence-corrected chi connectivity index (χ0v) is 16.0. The van der Waals surface area contributed by atoms with Gasteiger partial charge in [0.1, 0.15) is 34.0 Å². The largest absolute Gasteiger partial charge is 0.497 e. The predicted molar refractivity (Wildman–Crippen MR) is 108 cm³/mol. The number of aromatic amines is 1. The molecule has 0 aliphatic carbocycles. The molecule has 28 heavy (non-hydrogen) atoms. The second kappa shape index (κ2) is 6.49. The van der Waals surface area contributed by atoms with Gasteiger partial charge in [-0.1, -0.05) is 6.07 Å². The SMILES string of the molecule is COc1ccc(C)c(-n2nc3c(c2N)c(=O)[nH]c2cc(OC)cc(OC)c23)c1.